The van der Waals surface area contributed by atoms with E-state index in [2.05, 4.69) is 5.32 Å². The third-order valence-electron chi connectivity index (χ3n) is 3.08. The SMILES string of the molecule is CCNC(=O)c1ccc(F)cc1SCc1ccc(OC)cc1. The maximum absolute atomic E-state index is 13.5. The van der Waals surface area contributed by atoms with Gasteiger partial charge in [-0.3, -0.25) is 4.79 Å². The van der Waals surface area contributed by atoms with Gasteiger partial charge in [-0.05, 0) is 42.8 Å². The van der Waals surface area contributed by atoms with E-state index in [9.17, 15) is 9.18 Å². The smallest absolute Gasteiger partial charge is 0.252 e. The van der Waals surface area contributed by atoms with E-state index >= 15 is 0 Å². The highest BCUT2D eigenvalue weighted by atomic mass is 32.2. The summed E-state index contributed by atoms with van der Waals surface area (Å²) in [5, 5.41) is 2.74. The maximum Gasteiger partial charge on any atom is 0.252 e. The van der Waals surface area contributed by atoms with E-state index in [4.69, 9.17) is 4.74 Å². The van der Waals surface area contributed by atoms with Gasteiger partial charge in [0.2, 0.25) is 0 Å². The molecule has 0 fully saturated rings. The number of hydrogen-bond donors (Lipinski definition) is 1. The molecule has 0 aliphatic carbocycles. The van der Waals surface area contributed by atoms with Crippen LogP contribution in [-0.4, -0.2) is 19.6 Å². The van der Waals surface area contributed by atoms with Crippen LogP contribution in [0.1, 0.15) is 22.8 Å². The molecule has 0 heterocycles. The molecular weight excluding hydrogens is 301 g/mol. The summed E-state index contributed by atoms with van der Waals surface area (Å²) in [5.74, 6) is 0.923. The lowest BCUT2D eigenvalue weighted by atomic mass is 10.2. The Kier molecular flexibility index (Phi) is 5.83. The molecule has 0 bridgehead atoms. The van der Waals surface area contributed by atoms with Crippen molar-refractivity contribution in [2.24, 2.45) is 0 Å². The van der Waals surface area contributed by atoms with Crippen molar-refractivity contribution in [1.29, 1.82) is 0 Å². The average Bonchev–Trinajstić information content (AvgIpc) is 2.53. The summed E-state index contributed by atoms with van der Waals surface area (Å²) in [4.78, 5) is 12.6. The number of methoxy groups -OCH3 is 1. The van der Waals surface area contributed by atoms with Crippen LogP contribution in [0.25, 0.3) is 0 Å². The summed E-state index contributed by atoms with van der Waals surface area (Å²) in [6.07, 6.45) is 0. The molecule has 3 nitrogen and oxygen atoms in total. The van der Waals surface area contributed by atoms with E-state index < -0.39 is 0 Å². The van der Waals surface area contributed by atoms with E-state index in [0.717, 1.165) is 11.3 Å². The predicted molar refractivity (Wildman–Crippen MR) is 87.0 cm³/mol. The van der Waals surface area contributed by atoms with Crippen molar-refractivity contribution >= 4 is 17.7 Å². The molecule has 2 aromatic rings. The minimum absolute atomic E-state index is 0.181. The normalized spacial score (nSPS) is 10.3. The Labute approximate surface area is 133 Å². The van der Waals surface area contributed by atoms with Crippen molar-refractivity contribution in [2.75, 3.05) is 13.7 Å². The zero-order valence-corrected chi connectivity index (χ0v) is 13.4. The van der Waals surface area contributed by atoms with Gasteiger partial charge in [-0.1, -0.05) is 12.1 Å². The van der Waals surface area contributed by atoms with Gasteiger partial charge in [-0.25, -0.2) is 4.39 Å². The van der Waals surface area contributed by atoms with E-state index in [-0.39, 0.29) is 11.7 Å². The summed E-state index contributed by atoms with van der Waals surface area (Å²) in [6, 6.07) is 11.9. The summed E-state index contributed by atoms with van der Waals surface area (Å²) in [6.45, 7) is 2.39. The van der Waals surface area contributed by atoms with E-state index in [1.165, 1.54) is 30.0 Å². The second-order valence-electron chi connectivity index (χ2n) is 4.64. The Morgan fingerprint density at radius 2 is 1.95 bits per heavy atom. The van der Waals surface area contributed by atoms with Crippen LogP contribution in [0.3, 0.4) is 0 Å². The van der Waals surface area contributed by atoms with Crippen LogP contribution in [0.4, 0.5) is 4.39 Å². The number of halogens is 1. The highest BCUT2D eigenvalue weighted by Gasteiger charge is 2.12. The standard InChI is InChI=1S/C17H18FNO2S/c1-3-19-17(20)15-9-6-13(18)10-16(15)22-11-12-4-7-14(21-2)8-5-12/h4-10H,3,11H2,1-2H3,(H,19,20). The molecule has 0 saturated carbocycles. The summed E-state index contributed by atoms with van der Waals surface area (Å²) < 4.78 is 18.6. The zero-order chi connectivity index (χ0) is 15.9. The summed E-state index contributed by atoms with van der Waals surface area (Å²) in [7, 11) is 1.62. The number of ether oxygens (including phenoxy) is 1. The van der Waals surface area contributed by atoms with Gasteiger partial charge < -0.3 is 10.1 Å². The highest BCUT2D eigenvalue weighted by molar-refractivity contribution is 7.98. The van der Waals surface area contributed by atoms with E-state index in [0.29, 0.717) is 22.8 Å². The second kappa shape index (κ2) is 7.84. The topological polar surface area (TPSA) is 38.3 Å². The molecule has 0 aliphatic heterocycles. The monoisotopic (exact) mass is 319 g/mol. The van der Waals surface area contributed by atoms with E-state index in [1.54, 1.807) is 7.11 Å². The van der Waals surface area contributed by atoms with Gasteiger partial charge in [0, 0.05) is 17.2 Å². The molecule has 0 saturated heterocycles. The van der Waals surface area contributed by atoms with Crippen molar-refractivity contribution < 1.29 is 13.9 Å². The number of carbonyl (C=O) groups is 1. The zero-order valence-electron chi connectivity index (χ0n) is 12.6. The molecule has 0 spiro atoms. The molecule has 116 valence electrons. The lowest BCUT2D eigenvalue weighted by Gasteiger charge is -2.09. The number of thioether (sulfide) groups is 1. The second-order valence-corrected chi connectivity index (χ2v) is 5.65. The Hall–Kier alpha value is -2.01. The molecule has 2 rings (SSSR count). The van der Waals surface area contributed by atoms with Crippen LogP contribution in [0.2, 0.25) is 0 Å². The Bertz CT molecular complexity index is 644. The molecule has 0 radical (unpaired) electrons. The molecule has 1 amide bonds. The number of carbonyl (C=O) groups excluding carboxylic acids is 1. The minimum atomic E-state index is -0.342. The number of nitrogens with one attached hydrogen (secondary N) is 1. The first kappa shape index (κ1) is 16.4. The molecule has 1 N–H and O–H groups in total. The number of hydrogen-bond acceptors (Lipinski definition) is 3. The largest absolute Gasteiger partial charge is 0.497 e. The number of rotatable bonds is 6. The summed E-state index contributed by atoms with van der Waals surface area (Å²) in [5.41, 5.74) is 1.58. The van der Waals surface area contributed by atoms with Gasteiger partial charge in [0.05, 0.1) is 12.7 Å². The first-order chi connectivity index (χ1) is 10.6. The van der Waals surface area contributed by atoms with Gasteiger partial charge in [0.25, 0.3) is 5.91 Å². The van der Waals surface area contributed by atoms with Crippen molar-refractivity contribution in [3.8, 4) is 5.75 Å². The first-order valence-corrected chi connectivity index (χ1v) is 7.96. The average molecular weight is 319 g/mol. The van der Waals surface area contributed by atoms with Crippen LogP contribution < -0.4 is 10.1 Å². The molecule has 2 aromatic carbocycles. The van der Waals surface area contributed by atoms with Crippen LogP contribution in [-0.2, 0) is 5.75 Å². The van der Waals surface area contributed by atoms with Crippen molar-refractivity contribution in [1.82, 2.24) is 5.32 Å². The molecule has 0 aliphatic rings. The molecule has 22 heavy (non-hydrogen) atoms. The number of benzene rings is 2. The van der Waals surface area contributed by atoms with Crippen molar-refractivity contribution in [2.45, 2.75) is 17.6 Å². The lowest BCUT2D eigenvalue weighted by Crippen LogP contribution is -2.23. The summed E-state index contributed by atoms with van der Waals surface area (Å²) >= 11 is 1.44. The van der Waals surface area contributed by atoms with Crippen LogP contribution >= 0.6 is 11.8 Å². The van der Waals surface area contributed by atoms with Crippen LogP contribution in [0.15, 0.2) is 47.4 Å². The van der Waals surface area contributed by atoms with Gasteiger partial charge in [0.1, 0.15) is 11.6 Å². The van der Waals surface area contributed by atoms with Gasteiger partial charge in [-0.2, -0.15) is 0 Å². The molecule has 5 heteroatoms. The van der Waals surface area contributed by atoms with E-state index in [1.807, 2.05) is 31.2 Å². The highest BCUT2D eigenvalue weighted by Crippen LogP contribution is 2.28. The number of amides is 1. The minimum Gasteiger partial charge on any atom is -0.497 e. The Morgan fingerprint density at radius 1 is 1.23 bits per heavy atom. The fourth-order valence-electron chi connectivity index (χ4n) is 1.94. The maximum atomic E-state index is 13.5. The fourth-order valence-corrected chi connectivity index (χ4v) is 2.97. The molecule has 0 atom stereocenters. The molecule has 0 aromatic heterocycles. The Balaban J connectivity index is 2.13. The van der Waals surface area contributed by atoms with Crippen LogP contribution in [0, 0.1) is 5.82 Å². The quantitative estimate of drug-likeness (QED) is 0.821. The van der Waals surface area contributed by atoms with Crippen molar-refractivity contribution in [3.05, 3.63) is 59.4 Å². The van der Waals surface area contributed by atoms with Gasteiger partial charge in [0.15, 0.2) is 0 Å². The predicted octanol–water partition coefficient (Wildman–Crippen LogP) is 3.88. The Morgan fingerprint density at radius 3 is 2.59 bits per heavy atom. The van der Waals surface area contributed by atoms with Crippen LogP contribution in [0.5, 0.6) is 5.75 Å². The first-order valence-electron chi connectivity index (χ1n) is 6.97. The molecule has 0 unspecified atom stereocenters. The lowest BCUT2D eigenvalue weighted by molar-refractivity contribution is 0.0953. The fraction of sp³-hybridized carbons (Fsp3) is 0.235. The van der Waals surface area contributed by atoms with Crippen molar-refractivity contribution in [3.63, 3.8) is 0 Å². The third kappa shape index (κ3) is 4.24. The van der Waals surface area contributed by atoms with Gasteiger partial charge in [-0.15, -0.1) is 11.8 Å². The third-order valence-corrected chi connectivity index (χ3v) is 4.21. The molecular formula is C17H18FNO2S. The van der Waals surface area contributed by atoms with Gasteiger partial charge >= 0.3 is 0 Å².